The van der Waals surface area contributed by atoms with E-state index in [9.17, 15) is 4.79 Å². The minimum atomic E-state index is 0.0652. The Hall–Kier alpha value is -2.17. The van der Waals surface area contributed by atoms with Gasteiger partial charge in [0.1, 0.15) is 0 Å². The van der Waals surface area contributed by atoms with E-state index in [2.05, 4.69) is 15.1 Å². The Balaban J connectivity index is 1.41. The second-order valence-corrected chi connectivity index (χ2v) is 7.74. The molecule has 4 fully saturated rings. The third-order valence-corrected chi connectivity index (χ3v) is 6.07. The molecule has 0 radical (unpaired) electrons. The molecule has 2 aliphatic heterocycles. The summed E-state index contributed by atoms with van der Waals surface area (Å²) in [5.74, 6) is 2.43. The van der Waals surface area contributed by atoms with E-state index in [0.29, 0.717) is 17.7 Å². The Morgan fingerprint density at radius 2 is 1.67 bits per heavy atom. The lowest BCUT2D eigenvalue weighted by Crippen LogP contribution is -2.42. The molecule has 124 valence electrons. The van der Waals surface area contributed by atoms with Crippen molar-refractivity contribution < 1.29 is 4.79 Å². The summed E-state index contributed by atoms with van der Waals surface area (Å²) in [5, 5.41) is 8.74. The van der Waals surface area contributed by atoms with Crippen LogP contribution in [-0.2, 0) is 0 Å². The number of nitrogens with zero attached hydrogens (tertiary/aromatic N) is 4. The Kier molecular flexibility index (Phi) is 3.21. The van der Waals surface area contributed by atoms with E-state index < -0.39 is 0 Å². The maximum absolute atomic E-state index is 13.1. The fourth-order valence-electron chi connectivity index (χ4n) is 5.23. The number of fused-ring (bicyclic) bond motifs is 1. The molecule has 1 aromatic carbocycles. The standard InChI is InChI=1S/C19H22N4O/c24-19(18-11-20-23(21-18)16-4-2-1-3-5-16)22-12-15-7-13-6-14(8-15)10-17(22)9-13/h1-5,11,13-15,17H,6-10,12H2/t13-,14+,15?,17?. The van der Waals surface area contributed by atoms with Crippen LogP contribution < -0.4 is 0 Å². The highest BCUT2D eigenvalue weighted by atomic mass is 16.2. The smallest absolute Gasteiger partial charge is 0.276 e. The monoisotopic (exact) mass is 322 g/mol. The van der Waals surface area contributed by atoms with Gasteiger partial charge < -0.3 is 4.90 Å². The zero-order valence-electron chi connectivity index (χ0n) is 13.7. The number of hydrogen-bond donors (Lipinski definition) is 0. The van der Waals surface area contributed by atoms with Gasteiger partial charge in [-0.3, -0.25) is 4.79 Å². The lowest BCUT2D eigenvalue weighted by Gasteiger charge is -2.38. The molecule has 2 aliphatic carbocycles. The molecule has 5 nitrogen and oxygen atoms in total. The van der Waals surface area contributed by atoms with Crippen LogP contribution in [0, 0.1) is 17.8 Å². The largest absolute Gasteiger partial charge is 0.334 e. The van der Waals surface area contributed by atoms with Gasteiger partial charge in [0.15, 0.2) is 5.69 Å². The van der Waals surface area contributed by atoms with E-state index in [1.807, 2.05) is 30.3 Å². The molecule has 4 aliphatic rings. The fourth-order valence-corrected chi connectivity index (χ4v) is 5.23. The van der Waals surface area contributed by atoms with E-state index in [-0.39, 0.29) is 5.91 Å². The molecule has 0 N–H and O–H groups in total. The van der Waals surface area contributed by atoms with Gasteiger partial charge in [-0.25, -0.2) is 0 Å². The second-order valence-electron chi connectivity index (χ2n) is 7.74. The number of carbonyl (C=O) groups is 1. The van der Waals surface area contributed by atoms with E-state index in [4.69, 9.17) is 0 Å². The summed E-state index contributed by atoms with van der Waals surface area (Å²) in [6.07, 6.45) is 8.00. The van der Waals surface area contributed by atoms with Crippen molar-refractivity contribution in [1.82, 2.24) is 19.9 Å². The number of carbonyl (C=O) groups excluding carboxylic acids is 1. The summed E-state index contributed by atoms with van der Waals surface area (Å²) < 4.78 is 0. The van der Waals surface area contributed by atoms with Crippen LogP contribution in [0.3, 0.4) is 0 Å². The molecule has 0 spiro atoms. The summed E-state index contributed by atoms with van der Waals surface area (Å²) in [6.45, 7) is 0.911. The Morgan fingerprint density at radius 3 is 2.42 bits per heavy atom. The molecular formula is C19H22N4O. The van der Waals surface area contributed by atoms with E-state index in [0.717, 1.165) is 24.1 Å². The molecule has 3 heterocycles. The Morgan fingerprint density at radius 1 is 0.958 bits per heavy atom. The average molecular weight is 322 g/mol. The summed E-state index contributed by atoms with van der Waals surface area (Å²) >= 11 is 0. The number of aromatic nitrogens is 3. The summed E-state index contributed by atoms with van der Waals surface area (Å²) in [4.78, 5) is 16.7. The van der Waals surface area contributed by atoms with Gasteiger partial charge in [0.2, 0.25) is 0 Å². The fraction of sp³-hybridized carbons (Fsp3) is 0.526. The number of para-hydroxylation sites is 1. The predicted molar refractivity (Wildman–Crippen MR) is 89.7 cm³/mol. The molecule has 4 atom stereocenters. The van der Waals surface area contributed by atoms with E-state index >= 15 is 0 Å². The minimum absolute atomic E-state index is 0.0652. The second kappa shape index (κ2) is 5.43. The maximum atomic E-state index is 13.1. The van der Waals surface area contributed by atoms with Crippen molar-refractivity contribution in [2.45, 2.75) is 38.1 Å². The zero-order chi connectivity index (χ0) is 16.1. The van der Waals surface area contributed by atoms with Crippen molar-refractivity contribution in [3.05, 3.63) is 42.2 Å². The number of rotatable bonds is 2. The van der Waals surface area contributed by atoms with Crippen molar-refractivity contribution in [2.75, 3.05) is 6.54 Å². The molecule has 5 heteroatoms. The van der Waals surface area contributed by atoms with E-state index in [1.54, 1.807) is 11.0 Å². The highest BCUT2D eigenvalue weighted by Gasteiger charge is 2.44. The molecule has 6 rings (SSSR count). The minimum Gasteiger partial charge on any atom is -0.334 e. The van der Waals surface area contributed by atoms with Crippen molar-refractivity contribution in [3.8, 4) is 5.69 Å². The Bertz CT molecular complexity index is 742. The van der Waals surface area contributed by atoms with Crippen LogP contribution in [0.4, 0.5) is 0 Å². The zero-order valence-corrected chi connectivity index (χ0v) is 13.7. The predicted octanol–water partition coefficient (Wildman–Crippen LogP) is 2.92. The van der Waals surface area contributed by atoms with Crippen molar-refractivity contribution in [3.63, 3.8) is 0 Å². The van der Waals surface area contributed by atoms with Crippen LogP contribution in [0.2, 0.25) is 0 Å². The first kappa shape index (κ1) is 14.2. The van der Waals surface area contributed by atoms with Crippen LogP contribution in [-0.4, -0.2) is 38.4 Å². The molecular weight excluding hydrogens is 300 g/mol. The average Bonchev–Trinajstić information content (AvgIpc) is 3.01. The number of benzene rings is 1. The SMILES string of the molecule is O=C(c1cnn(-c2ccccc2)n1)N1CC2C[C@@H]3CC1C[C@H](C2)C3. The molecule has 1 aromatic heterocycles. The van der Waals surface area contributed by atoms with E-state index in [1.165, 1.54) is 32.1 Å². The topological polar surface area (TPSA) is 51.0 Å². The summed E-state index contributed by atoms with van der Waals surface area (Å²) in [5.41, 5.74) is 1.35. The molecule has 1 amide bonds. The normalized spacial score (nSPS) is 31.2. The van der Waals surface area contributed by atoms with Gasteiger partial charge >= 0.3 is 0 Å². The van der Waals surface area contributed by atoms with Crippen molar-refractivity contribution in [2.24, 2.45) is 17.8 Å². The lowest BCUT2D eigenvalue weighted by atomic mass is 9.68. The molecule has 2 aromatic rings. The summed E-state index contributed by atoms with van der Waals surface area (Å²) in [7, 11) is 0. The molecule has 2 saturated carbocycles. The van der Waals surface area contributed by atoms with Gasteiger partial charge in [0, 0.05) is 12.6 Å². The van der Waals surface area contributed by atoms with Gasteiger partial charge in [-0.1, -0.05) is 18.2 Å². The summed E-state index contributed by atoms with van der Waals surface area (Å²) in [6, 6.07) is 10.2. The first-order valence-corrected chi connectivity index (χ1v) is 9.05. The van der Waals surface area contributed by atoms with Crippen LogP contribution in [0.15, 0.2) is 36.5 Å². The Labute approximate surface area is 141 Å². The quantitative estimate of drug-likeness (QED) is 0.854. The first-order chi connectivity index (χ1) is 11.8. The van der Waals surface area contributed by atoms with Gasteiger partial charge in [-0.15, -0.1) is 5.10 Å². The van der Waals surface area contributed by atoms with Gasteiger partial charge in [-0.2, -0.15) is 9.90 Å². The van der Waals surface area contributed by atoms with Crippen LogP contribution in [0.1, 0.15) is 42.6 Å². The highest BCUT2D eigenvalue weighted by Crippen LogP contribution is 2.47. The third-order valence-electron chi connectivity index (χ3n) is 6.07. The molecule has 4 bridgehead atoms. The molecule has 2 unspecified atom stereocenters. The highest BCUT2D eigenvalue weighted by molar-refractivity contribution is 5.92. The molecule has 2 saturated heterocycles. The van der Waals surface area contributed by atoms with Gasteiger partial charge in [0.25, 0.3) is 5.91 Å². The van der Waals surface area contributed by atoms with Crippen molar-refractivity contribution in [1.29, 1.82) is 0 Å². The van der Waals surface area contributed by atoms with Crippen LogP contribution >= 0.6 is 0 Å². The van der Waals surface area contributed by atoms with Gasteiger partial charge in [-0.05, 0) is 62.0 Å². The van der Waals surface area contributed by atoms with Crippen molar-refractivity contribution >= 4 is 5.91 Å². The van der Waals surface area contributed by atoms with Crippen LogP contribution in [0.5, 0.6) is 0 Å². The van der Waals surface area contributed by atoms with Gasteiger partial charge in [0.05, 0.1) is 11.9 Å². The lowest BCUT2D eigenvalue weighted by molar-refractivity contribution is 0.0626. The number of amides is 1. The first-order valence-electron chi connectivity index (χ1n) is 9.05. The third kappa shape index (κ3) is 2.34. The molecule has 24 heavy (non-hydrogen) atoms. The maximum Gasteiger partial charge on any atom is 0.276 e. The van der Waals surface area contributed by atoms with Crippen LogP contribution in [0.25, 0.3) is 5.69 Å². The number of hydrogen-bond acceptors (Lipinski definition) is 3.